The van der Waals surface area contributed by atoms with Crippen molar-refractivity contribution in [1.29, 1.82) is 0 Å². The summed E-state index contributed by atoms with van der Waals surface area (Å²) in [6.07, 6.45) is 3.58. The van der Waals surface area contributed by atoms with E-state index in [4.69, 9.17) is 0 Å². The largest absolute Gasteiger partial charge is 0.506 e. The Balaban J connectivity index is 2.14. The van der Waals surface area contributed by atoms with Crippen molar-refractivity contribution in [3.8, 4) is 5.75 Å². The fourth-order valence-electron chi connectivity index (χ4n) is 1.57. The molecule has 0 unspecified atom stereocenters. The fraction of sp³-hybridized carbons (Fsp3) is 0.154. The molecule has 2 aromatic rings. The molecular weight excluding hydrogens is 360 g/mol. The number of rotatable bonds is 3. The van der Waals surface area contributed by atoms with Crippen molar-refractivity contribution < 1.29 is 5.11 Å². The first-order valence-corrected chi connectivity index (χ1v) is 6.98. The van der Waals surface area contributed by atoms with E-state index in [1.807, 2.05) is 25.1 Å². The van der Waals surface area contributed by atoms with Gasteiger partial charge in [-0.2, -0.15) is 0 Å². The summed E-state index contributed by atoms with van der Waals surface area (Å²) in [7, 11) is 0. The number of aromatic nitrogens is 1. The van der Waals surface area contributed by atoms with Crippen LogP contribution >= 0.6 is 31.9 Å². The zero-order valence-electron chi connectivity index (χ0n) is 9.74. The maximum absolute atomic E-state index is 9.64. The maximum atomic E-state index is 9.64. The number of nitrogens with one attached hydrogen (secondary N) is 1. The third-order valence-corrected chi connectivity index (χ3v) is 3.81. The van der Waals surface area contributed by atoms with Crippen molar-refractivity contribution in [2.75, 3.05) is 5.32 Å². The average molecular weight is 372 g/mol. The Morgan fingerprint density at radius 2 is 1.94 bits per heavy atom. The van der Waals surface area contributed by atoms with Gasteiger partial charge in [0.2, 0.25) is 0 Å². The molecule has 0 fully saturated rings. The van der Waals surface area contributed by atoms with Gasteiger partial charge in [-0.05, 0) is 68.1 Å². The molecule has 1 aromatic carbocycles. The van der Waals surface area contributed by atoms with Gasteiger partial charge >= 0.3 is 0 Å². The topological polar surface area (TPSA) is 45.2 Å². The smallest absolute Gasteiger partial charge is 0.143 e. The van der Waals surface area contributed by atoms with Crippen molar-refractivity contribution in [3.63, 3.8) is 0 Å². The lowest BCUT2D eigenvalue weighted by Crippen LogP contribution is -2.01. The third-order valence-electron chi connectivity index (χ3n) is 2.60. The van der Waals surface area contributed by atoms with Gasteiger partial charge in [0.1, 0.15) is 5.75 Å². The van der Waals surface area contributed by atoms with Gasteiger partial charge in [0.25, 0.3) is 0 Å². The predicted molar refractivity (Wildman–Crippen MR) is 79.8 cm³/mol. The molecule has 0 bridgehead atoms. The summed E-state index contributed by atoms with van der Waals surface area (Å²) in [4.78, 5) is 4.09. The Hall–Kier alpha value is -1.07. The highest BCUT2D eigenvalue weighted by Crippen LogP contribution is 2.33. The minimum atomic E-state index is 0.219. The maximum Gasteiger partial charge on any atom is 0.143 e. The van der Waals surface area contributed by atoms with Gasteiger partial charge in [-0.1, -0.05) is 0 Å². The Labute approximate surface area is 123 Å². The minimum absolute atomic E-state index is 0.219. The Morgan fingerprint density at radius 1 is 1.28 bits per heavy atom. The van der Waals surface area contributed by atoms with E-state index in [-0.39, 0.29) is 5.75 Å². The quantitative estimate of drug-likeness (QED) is 0.848. The molecule has 1 aromatic heterocycles. The summed E-state index contributed by atoms with van der Waals surface area (Å²) in [5.41, 5.74) is 3.23. The molecule has 0 atom stereocenters. The van der Waals surface area contributed by atoms with Crippen LogP contribution in [0.15, 0.2) is 39.5 Å². The number of benzene rings is 1. The Kier molecular flexibility index (Phi) is 4.24. The molecule has 0 radical (unpaired) electrons. The van der Waals surface area contributed by atoms with E-state index in [9.17, 15) is 5.11 Å². The number of nitrogens with zero attached hydrogens (tertiary/aromatic N) is 1. The van der Waals surface area contributed by atoms with Crippen LogP contribution in [-0.4, -0.2) is 10.1 Å². The van der Waals surface area contributed by atoms with Crippen LogP contribution in [0.4, 0.5) is 5.69 Å². The zero-order valence-corrected chi connectivity index (χ0v) is 12.9. The van der Waals surface area contributed by atoms with Crippen molar-refractivity contribution >= 4 is 37.5 Å². The van der Waals surface area contributed by atoms with Crippen LogP contribution in [0.3, 0.4) is 0 Å². The molecule has 0 aliphatic rings. The second-order valence-electron chi connectivity index (χ2n) is 3.95. The van der Waals surface area contributed by atoms with Crippen molar-refractivity contribution in [2.24, 2.45) is 0 Å². The lowest BCUT2D eigenvalue weighted by molar-refractivity contribution is 0.468. The molecule has 0 saturated carbocycles. The summed E-state index contributed by atoms with van der Waals surface area (Å²) in [5.74, 6) is 0.219. The molecule has 0 amide bonds. The zero-order chi connectivity index (χ0) is 13.1. The van der Waals surface area contributed by atoms with Crippen LogP contribution in [-0.2, 0) is 6.54 Å². The molecule has 2 N–H and O–H groups in total. The average Bonchev–Trinajstić information content (AvgIpc) is 2.35. The molecule has 18 heavy (non-hydrogen) atoms. The van der Waals surface area contributed by atoms with Crippen LogP contribution in [0.25, 0.3) is 0 Å². The summed E-state index contributed by atoms with van der Waals surface area (Å²) in [5, 5.41) is 13.0. The van der Waals surface area contributed by atoms with Gasteiger partial charge in [-0.3, -0.25) is 4.98 Å². The highest BCUT2D eigenvalue weighted by atomic mass is 79.9. The van der Waals surface area contributed by atoms with Crippen LogP contribution in [0.5, 0.6) is 5.75 Å². The van der Waals surface area contributed by atoms with Gasteiger partial charge in [-0.15, -0.1) is 0 Å². The number of anilines is 1. The number of phenols is 1. The minimum Gasteiger partial charge on any atom is -0.506 e. The second kappa shape index (κ2) is 5.71. The van der Waals surface area contributed by atoms with Crippen molar-refractivity contribution in [1.82, 2.24) is 4.98 Å². The van der Waals surface area contributed by atoms with E-state index < -0.39 is 0 Å². The fourth-order valence-corrected chi connectivity index (χ4v) is 2.85. The Morgan fingerprint density at radius 3 is 2.56 bits per heavy atom. The van der Waals surface area contributed by atoms with Crippen LogP contribution in [0.1, 0.15) is 11.1 Å². The van der Waals surface area contributed by atoms with Gasteiger partial charge in [0.05, 0.1) is 20.8 Å². The molecule has 0 aliphatic heterocycles. The first kappa shape index (κ1) is 13.4. The van der Waals surface area contributed by atoms with E-state index in [0.29, 0.717) is 15.5 Å². The lowest BCUT2D eigenvalue weighted by atomic mass is 10.2. The summed E-state index contributed by atoms with van der Waals surface area (Å²) >= 11 is 6.63. The molecule has 0 aliphatic carbocycles. The predicted octanol–water partition coefficient (Wildman–Crippen LogP) is 4.23. The second-order valence-corrected chi connectivity index (χ2v) is 5.66. The SMILES string of the molecule is Cc1ccncc1NCc1cc(Br)c(O)c(Br)c1. The van der Waals surface area contributed by atoms with E-state index >= 15 is 0 Å². The number of aryl methyl sites for hydroxylation is 1. The lowest BCUT2D eigenvalue weighted by Gasteiger charge is -2.10. The molecule has 94 valence electrons. The molecule has 1 heterocycles. The van der Waals surface area contributed by atoms with Gasteiger partial charge in [-0.25, -0.2) is 0 Å². The highest BCUT2D eigenvalue weighted by Gasteiger charge is 2.06. The monoisotopic (exact) mass is 370 g/mol. The molecule has 0 saturated heterocycles. The molecule has 3 nitrogen and oxygen atoms in total. The number of hydrogen-bond donors (Lipinski definition) is 2. The van der Waals surface area contributed by atoms with Gasteiger partial charge < -0.3 is 10.4 Å². The standard InChI is InChI=1S/C13H12Br2N2O/c1-8-2-3-16-7-12(8)17-6-9-4-10(14)13(18)11(15)5-9/h2-5,7,17-18H,6H2,1H3. The molecule has 2 rings (SSSR count). The highest BCUT2D eigenvalue weighted by molar-refractivity contribution is 9.11. The number of aromatic hydroxyl groups is 1. The summed E-state index contributed by atoms with van der Waals surface area (Å²) in [6, 6.07) is 5.74. The van der Waals surface area contributed by atoms with E-state index in [2.05, 4.69) is 42.2 Å². The molecule has 5 heteroatoms. The number of pyridine rings is 1. The van der Waals surface area contributed by atoms with Crippen LogP contribution in [0.2, 0.25) is 0 Å². The van der Waals surface area contributed by atoms with Gasteiger partial charge in [0, 0.05) is 12.7 Å². The molecule has 0 spiro atoms. The number of halogens is 2. The summed E-state index contributed by atoms with van der Waals surface area (Å²) in [6.45, 7) is 2.71. The van der Waals surface area contributed by atoms with Crippen LogP contribution < -0.4 is 5.32 Å². The Bertz CT molecular complexity index is 550. The van der Waals surface area contributed by atoms with E-state index in [1.165, 1.54) is 0 Å². The number of hydrogen-bond acceptors (Lipinski definition) is 3. The summed E-state index contributed by atoms with van der Waals surface area (Å²) < 4.78 is 1.35. The third kappa shape index (κ3) is 3.03. The normalized spacial score (nSPS) is 10.4. The first-order valence-electron chi connectivity index (χ1n) is 5.39. The van der Waals surface area contributed by atoms with Crippen molar-refractivity contribution in [3.05, 3.63) is 50.7 Å². The van der Waals surface area contributed by atoms with E-state index in [0.717, 1.165) is 16.8 Å². The van der Waals surface area contributed by atoms with Gasteiger partial charge in [0.15, 0.2) is 0 Å². The number of phenolic OH excluding ortho intramolecular Hbond substituents is 1. The van der Waals surface area contributed by atoms with Crippen LogP contribution in [0, 0.1) is 6.92 Å². The van der Waals surface area contributed by atoms with Crippen molar-refractivity contribution in [2.45, 2.75) is 13.5 Å². The van der Waals surface area contributed by atoms with E-state index in [1.54, 1.807) is 12.4 Å². The first-order chi connectivity index (χ1) is 8.58. The molecular formula is C13H12Br2N2O.